The molecule has 2 heterocycles. The molecule has 4 atom stereocenters. The Kier molecular flexibility index (Phi) is 1.56. The van der Waals surface area contributed by atoms with Gasteiger partial charge in [0, 0.05) is 12.1 Å². The number of nitrogens with one attached hydrogen (secondary N) is 1. The van der Waals surface area contributed by atoms with Gasteiger partial charge in [0.25, 0.3) is 5.91 Å². The second kappa shape index (κ2) is 2.88. The molecule has 1 saturated carbocycles. The highest BCUT2D eigenvalue weighted by atomic mass is 16.5. The monoisotopic (exact) mass is 228 g/mol. The number of aromatic nitrogens is 1. The van der Waals surface area contributed by atoms with Gasteiger partial charge in [-0.05, 0) is 24.3 Å². The summed E-state index contributed by atoms with van der Waals surface area (Å²) in [7, 11) is 0. The molecule has 0 saturated heterocycles. The molecular weight excluding hydrogens is 216 g/mol. The van der Waals surface area contributed by atoms with Crippen molar-refractivity contribution in [2.45, 2.75) is 18.4 Å². The Hall–Kier alpha value is -1.84. The van der Waals surface area contributed by atoms with E-state index in [1.807, 2.05) is 0 Å². The summed E-state index contributed by atoms with van der Waals surface area (Å²) in [6, 6.07) is 3.49. The van der Waals surface area contributed by atoms with Crippen LogP contribution in [0.4, 0.5) is 0 Å². The number of amides is 1. The van der Waals surface area contributed by atoms with Gasteiger partial charge in [0.05, 0.1) is 5.92 Å². The van der Waals surface area contributed by atoms with Gasteiger partial charge >= 0.3 is 0 Å². The highest BCUT2D eigenvalue weighted by Gasteiger charge is 2.53. The Balaban J connectivity index is 1.95. The first-order valence-corrected chi connectivity index (χ1v) is 5.97. The first-order valence-electron chi connectivity index (χ1n) is 5.97. The predicted molar refractivity (Wildman–Crippen MR) is 60.1 cm³/mol. The zero-order chi connectivity index (χ0) is 11.6. The number of hydrogen-bond acceptors (Lipinski definition) is 2. The number of allylic oxidation sites excluding steroid dienone is 1. The van der Waals surface area contributed by atoms with E-state index in [0.29, 0.717) is 23.1 Å². The standard InChI is InChI=1S/C13H12N2O2/c16-13-9-2-1-5-15(17)12(9)10-7-3-4-8(6-7)11(10)14-13/h1-5,7-8,10-11H,6H2,(H,14,16)/t7?,8?,10-,11?/m1/s1. The van der Waals surface area contributed by atoms with Gasteiger partial charge in [0.1, 0.15) is 5.56 Å². The fraction of sp³-hybridized carbons (Fsp3) is 0.385. The fourth-order valence-corrected chi connectivity index (χ4v) is 3.64. The van der Waals surface area contributed by atoms with Crippen molar-refractivity contribution in [2.24, 2.45) is 11.8 Å². The Morgan fingerprint density at radius 2 is 2.18 bits per heavy atom. The fourth-order valence-electron chi connectivity index (χ4n) is 3.64. The highest BCUT2D eigenvalue weighted by molar-refractivity contribution is 5.96. The van der Waals surface area contributed by atoms with Crippen molar-refractivity contribution in [2.75, 3.05) is 0 Å². The van der Waals surface area contributed by atoms with E-state index < -0.39 is 0 Å². The summed E-state index contributed by atoms with van der Waals surface area (Å²) in [5.74, 6) is 0.873. The van der Waals surface area contributed by atoms with Gasteiger partial charge in [0.2, 0.25) is 5.69 Å². The Morgan fingerprint density at radius 1 is 1.35 bits per heavy atom. The zero-order valence-corrected chi connectivity index (χ0v) is 9.17. The maximum Gasteiger partial charge on any atom is 0.257 e. The summed E-state index contributed by atoms with van der Waals surface area (Å²) in [6.45, 7) is 0. The van der Waals surface area contributed by atoms with Crippen LogP contribution in [0.15, 0.2) is 30.5 Å². The zero-order valence-electron chi connectivity index (χ0n) is 9.17. The SMILES string of the molecule is O=C1NC2C3C=CC(C3)[C@H]2c2c1ccc[n+]2[O-]. The van der Waals surface area contributed by atoms with E-state index >= 15 is 0 Å². The molecule has 17 heavy (non-hydrogen) atoms. The van der Waals surface area contributed by atoms with Gasteiger partial charge in [-0.15, -0.1) is 0 Å². The second-order valence-electron chi connectivity index (χ2n) is 5.11. The molecular formula is C13H12N2O2. The Bertz CT molecular complexity index is 552. The van der Waals surface area contributed by atoms with Crippen molar-refractivity contribution >= 4 is 5.91 Å². The van der Waals surface area contributed by atoms with Gasteiger partial charge in [-0.1, -0.05) is 12.2 Å². The smallest absolute Gasteiger partial charge is 0.257 e. The molecule has 1 aromatic heterocycles. The molecule has 0 aromatic carbocycles. The molecule has 1 aromatic rings. The lowest BCUT2D eigenvalue weighted by Gasteiger charge is -2.32. The van der Waals surface area contributed by atoms with Crippen molar-refractivity contribution in [1.29, 1.82) is 0 Å². The third-order valence-corrected chi connectivity index (χ3v) is 4.32. The Labute approximate surface area is 98.5 Å². The lowest BCUT2D eigenvalue weighted by atomic mass is 9.81. The lowest BCUT2D eigenvalue weighted by Crippen LogP contribution is -2.51. The number of nitrogens with zero attached hydrogens (tertiary/aromatic N) is 1. The maximum atomic E-state index is 12.0. The molecule has 4 heteroatoms. The molecule has 1 fully saturated rings. The molecule has 2 bridgehead atoms. The molecule has 1 aliphatic heterocycles. The summed E-state index contributed by atoms with van der Waals surface area (Å²) in [4.78, 5) is 12.0. The van der Waals surface area contributed by atoms with E-state index in [2.05, 4.69) is 17.5 Å². The van der Waals surface area contributed by atoms with E-state index in [-0.39, 0.29) is 17.9 Å². The van der Waals surface area contributed by atoms with Crippen molar-refractivity contribution in [3.05, 3.63) is 46.9 Å². The largest absolute Gasteiger partial charge is 0.618 e. The van der Waals surface area contributed by atoms with Crippen LogP contribution in [0.25, 0.3) is 0 Å². The lowest BCUT2D eigenvalue weighted by molar-refractivity contribution is -0.616. The minimum Gasteiger partial charge on any atom is -0.618 e. The third kappa shape index (κ3) is 1.03. The van der Waals surface area contributed by atoms with Crippen LogP contribution in [-0.2, 0) is 0 Å². The normalized spacial score (nSPS) is 36.6. The van der Waals surface area contributed by atoms with Crippen molar-refractivity contribution in [3.8, 4) is 0 Å². The van der Waals surface area contributed by atoms with Gasteiger partial charge in [-0.25, -0.2) is 0 Å². The summed E-state index contributed by atoms with van der Waals surface area (Å²) >= 11 is 0. The van der Waals surface area contributed by atoms with Gasteiger partial charge in [-0.3, -0.25) is 4.79 Å². The molecule has 0 radical (unpaired) electrons. The van der Waals surface area contributed by atoms with Crippen LogP contribution in [0.2, 0.25) is 0 Å². The van der Waals surface area contributed by atoms with Crippen LogP contribution in [-0.4, -0.2) is 11.9 Å². The number of carbonyl (C=O) groups excluding carboxylic acids is 1. The minimum atomic E-state index is -0.104. The quantitative estimate of drug-likeness (QED) is 0.404. The van der Waals surface area contributed by atoms with E-state index in [4.69, 9.17) is 0 Å². The maximum absolute atomic E-state index is 12.0. The molecule has 86 valence electrons. The minimum absolute atomic E-state index is 0.104. The van der Waals surface area contributed by atoms with E-state index in [1.165, 1.54) is 6.20 Å². The van der Waals surface area contributed by atoms with Crippen LogP contribution in [0.3, 0.4) is 0 Å². The molecule has 0 spiro atoms. The van der Waals surface area contributed by atoms with Crippen LogP contribution in [0.5, 0.6) is 0 Å². The summed E-state index contributed by atoms with van der Waals surface area (Å²) in [5, 5.41) is 15.0. The summed E-state index contributed by atoms with van der Waals surface area (Å²) < 4.78 is 0.875. The van der Waals surface area contributed by atoms with Crippen molar-refractivity contribution < 1.29 is 9.52 Å². The van der Waals surface area contributed by atoms with Crippen molar-refractivity contribution in [1.82, 2.24) is 5.32 Å². The number of carbonyl (C=O) groups is 1. The summed E-state index contributed by atoms with van der Waals surface area (Å²) in [5.41, 5.74) is 1.21. The van der Waals surface area contributed by atoms with Crippen LogP contribution >= 0.6 is 0 Å². The molecule has 4 nitrogen and oxygen atoms in total. The third-order valence-electron chi connectivity index (χ3n) is 4.32. The molecule has 3 unspecified atom stereocenters. The molecule has 1 N–H and O–H groups in total. The topological polar surface area (TPSA) is 56.0 Å². The van der Waals surface area contributed by atoms with E-state index in [1.54, 1.807) is 12.1 Å². The predicted octanol–water partition coefficient (Wildman–Crippen LogP) is 0.721. The van der Waals surface area contributed by atoms with Crippen LogP contribution in [0, 0.1) is 17.0 Å². The van der Waals surface area contributed by atoms with E-state index in [9.17, 15) is 10.0 Å². The van der Waals surface area contributed by atoms with Gasteiger partial charge in [-0.2, -0.15) is 4.73 Å². The van der Waals surface area contributed by atoms with Crippen LogP contribution in [0.1, 0.15) is 28.4 Å². The number of rotatable bonds is 0. The first-order chi connectivity index (χ1) is 8.25. The molecule has 2 aliphatic carbocycles. The number of fused-ring (bicyclic) bond motifs is 7. The average Bonchev–Trinajstić information content (AvgIpc) is 2.90. The molecule has 1 amide bonds. The van der Waals surface area contributed by atoms with E-state index in [0.717, 1.165) is 11.2 Å². The second-order valence-corrected chi connectivity index (χ2v) is 5.11. The van der Waals surface area contributed by atoms with Crippen LogP contribution < -0.4 is 10.0 Å². The van der Waals surface area contributed by atoms with Gasteiger partial charge < -0.3 is 10.5 Å². The first kappa shape index (κ1) is 9.22. The number of hydrogen-bond donors (Lipinski definition) is 1. The summed E-state index contributed by atoms with van der Waals surface area (Å²) in [6.07, 6.45) is 6.92. The molecule has 3 aliphatic rings. The van der Waals surface area contributed by atoms with Crippen molar-refractivity contribution in [3.63, 3.8) is 0 Å². The Morgan fingerprint density at radius 3 is 3.06 bits per heavy atom. The number of pyridine rings is 1. The van der Waals surface area contributed by atoms with Gasteiger partial charge in [0.15, 0.2) is 6.20 Å². The average molecular weight is 228 g/mol. The molecule has 4 rings (SSSR count). The highest BCUT2D eigenvalue weighted by Crippen LogP contribution is 2.50.